The maximum absolute atomic E-state index is 8.88. The van der Waals surface area contributed by atoms with Crippen molar-refractivity contribution in [3.05, 3.63) is 30.6 Å². The molecule has 0 aromatic heterocycles. The molecular weight excluding hydrogens is 259 g/mol. The fraction of sp³-hybridized carbons (Fsp3) is 0. The molecule has 0 radical (unpaired) electrons. The van der Waals surface area contributed by atoms with Crippen LogP contribution in [-0.2, 0) is 4.57 Å². The number of phosphoric acid groups is 1. The Morgan fingerprint density at radius 2 is 0.857 bits per heavy atom. The van der Waals surface area contributed by atoms with Gasteiger partial charge in [-0.1, -0.05) is 0 Å². The minimum Gasteiger partial charge on any atom is -0.356 e. The molecule has 0 heterocycles. The van der Waals surface area contributed by atoms with Crippen LogP contribution in [0.15, 0.2) is 0 Å². The fourth-order valence-corrected chi connectivity index (χ4v) is 0. The third-order valence-electron chi connectivity index (χ3n) is 0. The van der Waals surface area contributed by atoms with Gasteiger partial charge >= 0.3 is 45.6 Å². The zero-order valence-electron chi connectivity index (χ0n) is 6.25. The van der Waals surface area contributed by atoms with Gasteiger partial charge in [0.2, 0.25) is 0 Å². The van der Waals surface area contributed by atoms with Crippen LogP contribution >= 0.6 is 7.82 Å². The molecule has 0 aromatic carbocycles. The summed E-state index contributed by atoms with van der Waals surface area (Å²) < 4.78 is 8.88. The molecule has 0 aliphatic carbocycles. The first-order valence-electron chi connectivity index (χ1n) is 1.88. The molecule has 0 fully saturated rings. The summed E-state index contributed by atoms with van der Waals surface area (Å²) in [6.45, 7) is 0. The second kappa shape index (κ2) is 12.8. The van der Waals surface area contributed by atoms with Crippen LogP contribution in [-0.4, -0.2) is 62.6 Å². The van der Waals surface area contributed by atoms with Crippen LogP contribution < -0.4 is 0 Å². The Morgan fingerprint density at radius 3 is 0.857 bits per heavy atom. The molecule has 0 saturated heterocycles. The van der Waals surface area contributed by atoms with E-state index < -0.39 is 18.0 Å². The van der Waals surface area contributed by atoms with Gasteiger partial charge in [0.05, 0.1) is 10.2 Å². The van der Waals surface area contributed by atoms with E-state index in [1.54, 1.807) is 0 Å². The molecule has 0 aliphatic heterocycles. The van der Waals surface area contributed by atoms with Gasteiger partial charge in [-0.2, -0.15) is 0 Å². The van der Waals surface area contributed by atoms with E-state index in [4.69, 9.17) is 49.9 Å². The van der Waals surface area contributed by atoms with Crippen molar-refractivity contribution < 1.29 is 29.4 Å². The van der Waals surface area contributed by atoms with Crippen molar-refractivity contribution in [3.63, 3.8) is 0 Å². The van der Waals surface area contributed by atoms with Crippen LogP contribution in [0.5, 0.6) is 0 Å². The Kier molecular flexibility index (Phi) is 21.5. The summed E-state index contributed by atoms with van der Waals surface area (Å²) in [4.78, 5) is 38.1. The molecule has 0 amide bonds. The fourth-order valence-electron chi connectivity index (χ4n) is 0. The van der Waals surface area contributed by atoms with E-state index >= 15 is 0 Å². The summed E-state index contributed by atoms with van der Waals surface area (Å²) in [7, 11) is -4.64. The van der Waals surface area contributed by atoms with E-state index in [2.05, 4.69) is 0 Å². The van der Waals surface area contributed by atoms with Crippen LogP contribution in [0.3, 0.4) is 0 Å². The smallest absolute Gasteiger partial charge is 0.356 e. The average molecular weight is 262 g/mol. The molecule has 3 N–H and O–H groups in total. The number of nitrogens with zero attached hydrogens (tertiary/aromatic N) is 2. The summed E-state index contributed by atoms with van der Waals surface area (Å²) in [6, 6.07) is 0. The van der Waals surface area contributed by atoms with Crippen LogP contribution in [0.2, 0.25) is 0 Å². The molecular formula is H3CaN2O10P. The average Bonchev–Trinajstić information content (AvgIpc) is 1.50. The van der Waals surface area contributed by atoms with Crippen LogP contribution in [0.25, 0.3) is 0 Å². The molecule has 0 rings (SSSR count). The van der Waals surface area contributed by atoms with E-state index in [0.717, 1.165) is 0 Å². The van der Waals surface area contributed by atoms with E-state index in [9.17, 15) is 0 Å². The van der Waals surface area contributed by atoms with Gasteiger partial charge in [-0.25, -0.2) is 4.57 Å². The number of rotatable bonds is 0. The predicted octanol–water partition coefficient (Wildman–Crippen LogP) is -1.79. The van der Waals surface area contributed by atoms with Gasteiger partial charge in [-0.15, -0.1) is 0 Å². The second-order valence-electron chi connectivity index (χ2n) is 0.960. The largest absolute Gasteiger partial charge is 2.00 e. The van der Waals surface area contributed by atoms with E-state index in [1.807, 2.05) is 0 Å². The van der Waals surface area contributed by atoms with Crippen LogP contribution in [0.1, 0.15) is 0 Å². The molecule has 0 bridgehead atoms. The molecule has 0 unspecified atom stereocenters. The van der Waals surface area contributed by atoms with Crippen molar-refractivity contribution >= 4 is 45.6 Å². The molecule has 0 spiro atoms. The maximum atomic E-state index is 8.88. The van der Waals surface area contributed by atoms with Gasteiger partial charge < -0.3 is 45.3 Å². The molecule has 80 valence electrons. The molecule has 0 saturated carbocycles. The van der Waals surface area contributed by atoms with Crippen molar-refractivity contribution in [1.29, 1.82) is 0 Å². The summed E-state index contributed by atoms with van der Waals surface area (Å²) >= 11 is 0. The van der Waals surface area contributed by atoms with Gasteiger partial charge in [0.15, 0.2) is 0 Å². The number of hydrogen-bond donors (Lipinski definition) is 3. The Balaban J connectivity index is -0.0000000522. The zero-order chi connectivity index (χ0) is 11.7. The minimum absolute atomic E-state index is 0. The second-order valence-corrected chi connectivity index (χ2v) is 1.99. The third-order valence-corrected chi connectivity index (χ3v) is 0. The van der Waals surface area contributed by atoms with Gasteiger partial charge in [0, 0.05) is 0 Å². The standard InChI is InChI=1S/Ca.2NO3.H3O4P/c;2*2-1(3)4;1-5(2,3)4/h;;;(H3,1,2,3,4)/q+2;2*-1;. The van der Waals surface area contributed by atoms with Crippen molar-refractivity contribution in [1.82, 2.24) is 0 Å². The SMILES string of the molecule is O=P(O)(O)O.O=[N+]([O-])[O-].O=[N+]([O-])[O-].[Ca+2]. The van der Waals surface area contributed by atoms with Crippen molar-refractivity contribution in [2.24, 2.45) is 0 Å². The van der Waals surface area contributed by atoms with E-state index in [1.165, 1.54) is 0 Å². The van der Waals surface area contributed by atoms with E-state index in [-0.39, 0.29) is 37.7 Å². The van der Waals surface area contributed by atoms with Crippen molar-refractivity contribution in [3.8, 4) is 0 Å². The maximum Gasteiger partial charge on any atom is 2.00 e. The quantitative estimate of drug-likeness (QED) is 0.193. The molecule has 14 heavy (non-hydrogen) atoms. The Morgan fingerprint density at radius 1 is 0.857 bits per heavy atom. The molecule has 14 heteroatoms. The first-order valence-corrected chi connectivity index (χ1v) is 3.44. The Bertz CT molecular complexity index is 166. The summed E-state index contributed by atoms with van der Waals surface area (Å²) in [5.41, 5.74) is 0. The van der Waals surface area contributed by atoms with Crippen LogP contribution in [0.4, 0.5) is 0 Å². The predicted molar refractivity (Wildman–Crippen MR) is 40.7 cm³/mol. The van der Waals surface area contributed by atoms with Crippen molar-refractivity contribution in [2.45, 2.75) is 0 Å². The number of hydrogen-bond acceptors (Lipinski definition) is 7. The summed E-state index contributed by atoms with van der Waals surface area (Å²) in [5, 5.41) is 29.5. The zero-order valence-corrected chi connectivity index (χ0v) is 9.35. The first-order chi connectivity index (χ1) is 5.46. The topological polar surface area (TPSA) is 210 Å². The molecule has 12 nitrogen and oxygen atoms in total. The Hall–Kier alpha value is -0.230. The normalized spacial score (nSPS) is 7.64. The van der Waals surface area contributed by atoms with Gasteiger partial charge in [-0.3, -0.25) is 0 Å². The van der Waals surface area contributed by atoms with Gasteiger partial charge in [0.25, 0.3) is 0 Å². The molecule has 0 aliphatic rings. The minimum atomic E-state index is -4.64. The summed E-state index contributed by atoms with van der Waals surface area (Å²) in [6.07, 6.45) is 0. The molecule has 0 atom stereocenters. The summed E-state index contributed by atoms with van der Waals surface area (Å²) in [5.74, 6) is 0. The third kappa shape index (κ3) is 25700. The monoisotopic (exact) mass is 262 g/mol. The van der Waals surface area contributed by atoms with Crippen molar-refractivity contribution in [2.75, 3.05) is 0 Å². The Labute approximate surface area is 105 Å². The van der Waals surface area contributed by atoms with Gasteiger partial charge in [0.1, 0.15) is 0 Å². The van der Waals surface area contributed by atoms with E-state index in [0.29, 0.717) is 0 Å². The van der Waals surface area contributed by atoms with Gasteiger partial charge in [-0.05, 0) is 0 Å². The first kappa shape index (κ1) is 23.5. The van der Waals surface area contributed by atoms with Crippen LogP contribution in [0, 0.1) is 30.6 Å². The molecule has 0 aromatic rings.